The Morgan fingerprint density at radius 3 is 3.00 bits per heavy atom. The zero-order valence-electron chi connectivity index (χ0n) is 8.57. The average molecular weight is 256 g/mol. The summed E-state index contributed by atoms with van der Waals surface area (Å²) >= 11 is 7.36. The van der Waals surface area contributed by atoms with Crippen molar-refractivity contribution in [3.05, 3.63) is 27.6 Å². The lowest BCUT2D eigenvalue weighted by molar-refractivity contribution is 1.05. The molecule has 0 aromatic carbocycles. The van der Waals surface area contributed by atoms with E-state index >= 15 is 0 Å². The number of anilines is 2. The van der Waals surface area contributed by atoms with E-state index in [2.05, 4.69) is 20.3 Å². The smallest absolute Gasteiger partial charge is 0.157 e. The van der Waals surface area contributed by atoms with Crippen molar-refractivity contribution in [2.75, 3.05) is 11.1 Å². The van der Waals surface area contributed by atoms with Crippen molar-refractivity contribution < 1.29 is 0 Å². The van der Waals surface area contributed by atoms with Gasteiger partial charge in [-0.3, -0.25) is 0 Å². The van der Waals surface area contributed by atoms with E-state index in [4.69, 9.17) is 17.3 Å². The molecular formula is C9H10ClN5S. The Balaban J connectivity index is 2.07. The number of nitrogens with two attached hydrogens (primary N) is 1. The van der Waals surface area contributed by atoms with Gasteiger partial charge in [-0.15, -0.1) is 11.3 Å². The second-order valence-electron chi connectivity index (χ2n) is 3.16. The predicted molar refractivity (Wildman–Crippen MR) is 65.6 cm³/mol. The number of aromatic nitrogens is 3. The number of aryl methyl sites for hydroxylation is 1. The van der Waals surface area contributed by atoms with Crippen molar-refractivity contribution in [3.8, 4) is 0 Å². The fourth-order valence-corrected chi connectivity index (χ4v) is 2.00. The standard InChI is InChI=1S/C9H10ClN5S/c1-5-3-16-6(15-5)2-12-9-7(11)8(10)13-4-14-9/h3-4H,2,11H2,1H3,(H,12,13,14). The minimum Gasteiger partial charge on any atom is -0.393 e. The molecule has 2 aromatic heterocycles. The van der Waals surface area contributed by atoms with Gasteiger partial charge in [-0.05, 0) is 6.92 Å². The first-order valence-electron chi connectivity index (χ1n) is 4.57. The van der Waals surface area contributed by atoms with E-state index in [0.717, 1.165) is 10.7 Å². The van der Waals surface area contributed by atoms with E-state index in [1.807, 2.05) is 12.3 Å². The van der Waals surface area contributed by atoms with E-state index in [-0.39, 0.29) is 5.15 Å². The average Bonchev–Trinajstić information content (AvgIpc) is 2.67. The van der Waals surface area contributed by atoms with Crippen LogP contribution in [0.15, 0.2) is 11.7 Å². The van der Waals surface area contributed by atoms with Gasteiger partial charge in [0.05, 0.1) is 6.54 Å². The van der Waals surface area contributed by atoms with Gasteiger partial charge in [0.2, 0.25) is 0 Å². The van der Waals surface area contributed by atoms with Crippen LogP contribution in [-0.4, -0.2) is 15.0 Å². The van der Waals surface area contributed by atoms with Crippen LogP contribution in [0.5, 0.6) is 0 Å². The number of hydrogen-bond donors (Lipinski definition) is 2. The van der Waals surface area contributed by atoms with Crippen molar-refractivity contribution in [2.45, 2.75) is 13.5 Å². The number of halogens is 1. The van der Waals surface area contributed by atoms with Gasteiger partial charge >= 0.3 is 0 Å². The minimum absolute atomic E-state index is 0.257. The second-order valence-corrected chi connectivity index (χ2v) is 4.46. The number of rotatable bonds is 3. The zero-order valence-corrected chi connectivity index (χ0v) is 10.1. The molecule has 16 heavy (non-hydrogen) atoms. The molecule has 0 saturated heterocycles. The highest BCUT2D eigenvalue weighted by molar-refractivity contribution is 7.09. The molecule has 2 heterocycles. The Bertz CT molecular complexity index is 498. The zero-order chi connectivity index (χ0) is 11.5. The van der Waals surface area contributed by atoms with Crippen LogP contribution in [0.4, 0.5) is 11.5 Å². The second kappa shape index (κ2) is 4.63. The van der Waals surface area contributed by atoms with Crippen molar-refractivity contribution in [1.82, 2.24) is 15.0 Å². The summed E-state index contributed by atoms with van der Waals surface area (Å²) in [5.41, 5.74) is 7.08. The molecule has 3 N–H and O–H groups in total. The van der Waals surface area contributed by atoms with Crippen molar-refractivity contribution in [1.29, 1.82) is 0 Å². The molecule has 2 rings (SSSR count). The van der Waals surface area contributed by atoms with Crippen LogP contribution in [0.3, 0.4) is 0 Å². The van der Waals surface area contributed by atoms with Gasteiger partial charge in [0.1, 0.15) is 17.0 Å². The van der Waals surface area contributed by atoms with Gasteiger partial charge in [-0.25, -0.2) is 15.0 Å². The molecule has 0 aliphatic heterocycles. The molecule has 2 aromatic rings. The Hall–Kier alpha value is -1.40. The van der Waals surface area contributed by atoms with Gasteiger partial charge < -0.3 is 11.1 Å². The van der Waals surface area contributed by atoms with Crippen LogP contribution in [0.25, 0.3) is 0 Å². The van der Waals surface area contributed by atoms with Crippen LogP contribution < -0.4 is 11.1 Å². The summed E-state index contributed by atoms with van der Waals surface area (Å²) in [6.45, 7) is 2.53. The highest BCUT2D eigenvalue weighted by Gasteiger charge is 2.06. The van der Waals surface area contributed by atoms with Gasteiger partial charge in [-0.1, -0.05) is 11.6 Å². The largest absolute Gasteiger partial charge is 0.393 e. The maximum absolute atomic E-state index is 5.77. The Morgan fingerprint density at radius 1 is 1.50 bits per heavy atom. The van der Waals surface area contributed by atoms with Crippen LogP contribution in [0.1, 0.15) is 10.7 Å². The van der Waals surface area contributed by atoms with E-state index in [1.165, 1.54) is 6.33 Å². The Kier molecular flexibility index (Phi) is 3.21. The van der Waals surface area contributed by atoms with Crippen LogP contribution in [0.2, 0.25) is 5.15 Å². The van der Waals surface area contributed by atoms with E-state index in [0.29, 0.717) is 18.1 Å². The molecule has 7 heteroatoms. The first kappa shape index (κ1) is 11.1. The third-order valence-electron chi connectivity index (χ3n) is 1.91. The molecule has 0 aliphatic rings. The van der Waals surface area contributed by atoms with Crippen molar-refractivity contribution in [2.24, 2.45) is 0 Å². The van der Waals surface area contributed by atoms with Crippen molar-refractivity contribution in [3.63, 3.8) is 0 Å². The Labute approximate surface area is 102 Å². The molecule has 0 fully saturated rings. The minimum atomic E-state index is 0.257. The maximum atomic E-state index is 5.77. The quantitative estimate of drug-likeness (QED) is 0.822. The Morgan fingerprint density at radius 2 is 2.31 bits per heavy atom. The van der Waals surface area contributed by atoms with E-state index in [9.17, 15) is 0 Å². The van der Waals surface area contributed by atoms with Gasteiger partial charge in [0.15, 0.2) is 11.0 Å². The van der Waals surface area contributed by atoms with Gasteiger partial charge in [-0.2, -0.15) is 0 Å². The fourth-order valence-electron chi connectivity index (χ4n) is 1.16. The lowest BCUT2D eigenvalue weighted by atomic mass is 10.4. The van der Waals surface area contributed by atoms with Gasteiger partial charge in [0, 0.05) is 11.1 Å². The molecule has 5 nitrogen and oxygen atoms in total. The molecule has 0 amide bonds. The monoisotopic (exact) mass is 255 g/mol. The van der Waals surface area contributed by atoms with Crippen LogP contribution in [-0.2, 0) is 6.54 Å². The number of nitrogens with zero attached hydrogens (tertiary/aromatic N) is 3. The first-order chi connectivity index (χ1) is 7.66. The molecule has 0 atom stereocenters. The summed E-state index contributed by atoms with van der Waals surface area (Å²) in [6.07, 6.45) is 1.37. The highest BCUT2D eigenvalue weighted by Crippen LogP contribution is 2.22. The summed E-state index contributed by atoms with van der Waals surface area (Å²) in [6, 6.07) is 0. The summed E-state index contributed by atoms with van der Waals surface area (Å²) in [7, 11) is 0. The summed E-state index contributed by atoms with van der Waals surface area (Å²) < 4.78 is 0. The normalized spacial score (nSPS) is 10.4. The topological polar surface area (TPSA) is 76.7 Å². The highest BCUT2D eigenvalue weighted by atomic mass is 35.5. The maximum Gasteiger partial charge on any atom is 0.157 e. The SMILES string of the molecule is Cc1csc(CNc2ncnc(Cl)c2N)n1. The van der Waals surface area contributed by atoms with Crippen LogP contribution in [0, 0.1) is 6.92 Å². The third kappa shape index (κ3) is 2.40. The molecular weight excluding hydrogens is 246 g/mol. The molecule has 84 valence electrons. The molecule has 0 radical (unpaired) electrons. The molecule has 0 unspecified atom stereocenters. The molecule has 0 saturated carbocycles. The summed E-state index contributed by atoms with van der Waals surface area (Å²) in [4.78, 5) is 12.1. The number of thiazole rings is 1. The lowest BCUT2D eigenvalue weighted by Crippen LogP contribution is -2.05. The number of hydrogen-bond acceptors (Lipinski definition) is 6. The van der Waals surface area contributed by atoms with Gasteiger partial charge in [0.25, 0.3) is 0 Å². The van der Waals surface area contributed by atoms with Crippen molar-refractivity contribution >= 4 is 34.4 Å². The number of nitrogen functional groups attached to an aromatic ring is 1. The fraction of sp³-hybridized carbons (Fsp3) is 0.222. The lowest BCUT2D eigenvalue weighted by Gasteiger charge is -2.06. The molecule has 0 aliphatic carbocycles. The summed E-state index contributed by atoms with van der Waals surface area (Å²) in [5.74, 6) is 0.535. The summed E-state index contributed by atoms with van der Waals surface area (Å²) in [5, 5.41) is 6.30. The predicted octanol–water partition coefficient (Wildman–Crippen LogP) is 2.09. The number of nitrogens with one attached hydrogen (secondary N) is 1. The third-order valence-corrected chi connectivity index (χ3v) is 3.18. The van der Waals surface area contributed by atoms with E-state index < -0.39 is 0 Å². The van der Waals surface area contributed by atoms with E-state index in [1.54, 1.807) is 11.3 Å². The molecule has 0 spiro atoms. The first-order valence-corrected chi connectivity index (χ1v) is 5.83. The van der Waals surface area contributed by atoms with Crippen LogP contribution >= 0.6 is 22.9 Å². The molecule has 0 bridgehead atoms.